The number of aromatic carboxylic acids is 1. The van der Waals surface area contributed by atoms with Crippen LogP contribution < -0.4 is 4.90 Å². The molecule has 4 nitrogen and oxygen atoms in total. The second-order valence-electron chi connectivity index (χ2n) is 8.67. The van der Waals surface area contributed by atoms with Crippen LogP contribution in [0.5, 0.6) is 0 Å². The lowest BCUT2D eigenvalue weighted by Crippen LogP contribution is -2.50. The van der Waals surface area contributed by atoms with E-state index in [0.717, 1.165) is 22.4 Å². The lowest BCUT2D eigenvalue weighted by molar-refractivity contribution is -0.124. The number of para-hydroxylation sites is 1. The van der Waals surface area contributed by atoms with Crippen molar-refractivity contribution < 1.29 is 14.7 Å². The summed E-state index contributed by atoms with van der Waals surface area (Å²) in [6.45, 7) is 6.47. The van der Waals surface area contributed by atoms with E-state index in [1.54, 1.807) is 23.1 Å². The maximum Gasteiger partial charge on any atom is 0.335 e. The second-order valence-corrected chi connectivity index (χ2v) is 9.11. The summed E-state index contributed by atoms with van der Waals surface area (Å²) in [6, 6.07) is 22.2. The number of carboxylic acids is 1. The molecule has 1 N–H and O–H groups in total. The molecule has 0 unspecified atom stereocenters. The van der Waals surface area contributed by atoms with Crippen LogP contribution in [-0.2, 0) is 22.2 Å². The lowest BCUT2D eigenvalue weighted by atomic mass is 9.60. The first-order valence-corrected chi connectivity index (χ1v) is 10.5. The number of benzene rings is 3. The maximum atomic E-state index is 14.0. The Morgan fingerprint density at radius 1 is 1.03 bits per heavy atom. The minimum Gasteiger partial charge on any atom is -0.478 e. The molecule has 1 aliphatic heterocycles. The SMILES string of the molecule is CC(C)(c1ccc(Cl)cc1)[C@]1(C)C(=O)N(Cc2cccc(C(=O)O)c2)c2ccccc21. The van der Waals surface area contributed by atoms with Crippen molar-refractivity contribution in [3.63, 3.8) is 0 Å². The van der Waals surface area contributed by atoms with E-state index in [-0.39, 0.29) is 11.5 Å². The number of anilines is 1. The fraction of sp³-hybridized carbons (Fsp3) is 0.231. The van der Waals surface area contributed by atoms with Crippen LogP contribution in [0, 0.1) is 0 Å². The Kier molecular flexibility index (Phi) is 5.14. The zero-order valence-corrected chi connectivity index (χ0v) is 18.5. The third-order valence-electron chi connectivity index (χ3n) is 6.74. The summed E-state index contributed by atoms with van der Waals surface area (Å²) in [6.07, 6.45) is 0. The highest BCUT2D eigenvalue weighted by Crippen LogP contribution is 2.53. The minimum absolute atomic E-state index is 0.00521. The largest absolute Gasteiger partial charge is 0.478 e. The van der Waals surface area contributed by atoms with Gasteiger partial charge in [0.1, 0.15) is 0 Å². The second kappa shape index (κ2) is 7.54. The van der Waals surface area contributed by atoms with Gasteiger partial charge in [-0.1, -0.05) is 67.9 Å². The van der Waals surface area contributed by atoms with Crippen molar-refractivity contribution >= 4 is 29.2 Å². The molecular formula is C26H24ClNO3. The molecule has 1 atom stereocenters. The van der Waals surface area contributed by atoms with Crippen molar-refractivity contribution in [3.05, 3.63) is 100 Å². The molecule has 3 aromatic rings. The number of hydrogen-bond acceptors (Lipinski definition) is 2. The predicted molar refractivity (Wildman–Crippen MR) is 123 cm³/mol. The molecule has 0 bridgehead atoms. The Bertz CT molecular complexity index is 1170. The maximum absolute atomic E-state index is 14.0. The van der Waals surface area contributed by atoms with Crippen LogP contribution in [0.25, 0.3) is 0 Å². The van der Waals surface area contributed by atoms with Crippen LogP contribution in [-0.4, -0.2) is 17.0 Å². The average Bonchev–Trinajstić information content (AvgIpc) is 2.97. The van der Waals surface area contributed by atoms with Crippen molar-refractivity contribution in [1.29, 1.82) is 0 Å². The number of rotatable bonds is 5. The molecule has 0 radical (unpaired) electrons. The predicted octanol–water partition coefficient (Wildman–Crippen LogP) is 5.82. The van der Waals surface area contributed by atoms with Crippen LogP contribution in [0.1, 0.15) is 47.8 Å². The fourth-order valence-corrected chi connectivity index (χ4v) is 4.65. The molecule has 158 valence electrons. The topological polar surface area (TPSA) is 57.6 Å². The third-order valence-corrected chi connectivity index (χ3v) is 6.99. The average molecular weight is 434 g/mol. The number of carboxylic acid groups (broad SMARTS) is 1. The molecule has 1 amide bonds. The number of fused-ring (bicyclic) bond motifs is 1. The number of halogens is 1. The van der Waals surface area contributed by atoms with Crippen molar-refractivity contribution in [2.24, 2.45) is 0 Å². The van der Waals surface area contributed by atoms with Crippen molar-refractivity contribution in [2.75, 3.05) is 4.90 Å². The molecule has 4 rings (SSSR count). The van der Waals surface area contributed by atoms with Gasteiger partial charge in [0.15, 0.2) is 0 Å². The zero-order valence-electron chi connectivity index (χ0n) is 17.7. The first-order valence-electron chi connectivity index (χ1n) is 10.2. The molecule has 5 heteroatoms. The van der Waals surface area contributed by atoms with Crippen LogP contribution in [0.3, 0.4) is 0 Å². The fourth-order valence-electron chi connectivity index (χ4n) is 4.53. The molecule has 0 aliphatic carbocycles. The third kappa shape index (κ3) is 3.31. The number of carbonyl (C=O) groups excluding carboxylic acids is 1. The molecule has 31 heavy (non-hydrogen) atoms. The van der Waals surface area contributed by atoms with E-state index in [1.807, 2.05) is 61.5 Å². The highest BCUT2D eigenvalue weighted by molar-refractivity contribution is 6.30. The normalized spacial score (nSPS) is 18.2. The summed E-state index contributed by atoms with van der Waals surface area (Å²) in [4.78, 5) is 27.1. The van der Waals surface area contributed by atoms with E-state index in [2.05, 4.69) is 13.8 Å². The van der Waals surface area contributed by atoms with E-state index >= 15 is 0 Å². The summed E-state index contributed by atoms with van der Waals surface area (Å²) < 4.78 is 0. The van der Waals surface area contributed by atoms with E-state index in [4.69, 9.17) is 11.6 Å². The van der Waals surface area contributed by atoms with Crippen LogP contribution in [0.4, 0.5) is 5.69 Å². The monoisotopic (exact) mass is 433 g/mol. The summed E-state index contributed by atoms with van der Waals surface area (Å²) in [5.74, 6) is -0.988. The Balaban J connectivity index is 1.80. The van der Waals surface area contributed by atoms with E-state index in [0.29, 0.717) is 11.6 Å². The van der Waals surface area contributed by atoms with Gasteiger partial charge in [0.2, 0.25) is 5.91 Å². The smallest absolute Gasteiger partial charge is 0.335 e. The van der Waals surface area contributed by atoms with Crippen molar-refractivity contribution in [2.45, 2.75) is 38.1 Å². The summed E-state index contributed by atoms with van der Waals surface area (Å²) >= 11 is 6.10. The van der Waals surface area contributed by atoms with Gasteiger partial charge in [0.25, 0.3) is 0 Å². The van der Waals surface area contributed by atoms with Crippen LogP contribution in [0.2, 0.25) is 5.02 Å². The van der Waals surface area contributed by atoms with E-state index in [9.17, 15) is 14.7 Å². The molecule has 0 saturated heterocycles. The molecule has 1 heterocycles. The van der Waals surface area contributed by atoms with E-state index < -0.39 is 16.8 Å². The molecule has 0 spiro atoms. The summed E-state index contributed by atoms with van der Waals surface area (Å²) in [5, 5.41) is 9.98. The summed E-state index contributed by atoms with van der Waals surface area (Å²) in [7, 11) is 0. The summed E-state index contributed by atoms with van der Waals surface area (Å²) in [5.41, 5.74) is 2.52. The van der Waals surface area contributed by atoms with Gasteiger partial charge in [-0.3, -0.25) is 4.79 Å². The van der Waals surface area contributed by atoms with Gasteiger partial charge in [0.05, 0.1) is 17.5 Å². The number of carbonyl (C=O) groups is 2. The number of nitrogens with zero attached hydrogens (tertiary/aromatic N) is 1. The van der Waals surface area contributed by atoms with Crippen LogP contribution >= 0.6 is 11.6 Å². The van der Waals surface area contributed by atoms with Crippen LogP contribution in [0.15, 0.2) is 72.8 Å². The standard InChI is InChI=1S/C26H24ClNO3/c1-25(2,19-11-13-20(27)14-12-19)26(3)21-9-4-5-10-22(21)28(24(26)31)16-17-7-6-8-18(15-17)23(29)30/h4-15H,16H2,1-3H3,(H,29,30)/t26-/m0/s1. The first kappa shape index (κ1) is 21.1. The Morgan fingerprint density at radius 3 is 2.39 bits per heavy atom. The Morgan fingerprint density at radius 2 is 1.71 bits per heavy atom. The van der Waals surface area contributed by atoms with Gasteiger partial charge in [-0.2, -0.15) is 0 Å². The van der Waals surface area contributed by atoms with Crippen molar-refractivity contribution in [3.8, 4) is 0 Å². The quantitative estimate of drug-likeness (QED) is 0.551. The van der Waals surface area contributed by atoms with Gasteiger partial charge in [-0.15, -0.1) is 0 Å². The number of hydrogen-bond donors (Lipinski definition) is 1. The van der Waals surface area contributed by atoms with Gasteiger partial charge in [-0.05, 0) is 53.9 Å². The van der Waals surface area contributed by atoms with Gasteiger partial charge in [-0.25, -0.2) is 4.79 Å². The molecule has 3 aromatic carbocycles. The molecule has 1 aliphatic rings. The van der Waals surface area contributed by atoms with E-state index in [1.165, 1.54) is 0 Å². The molecule has 0 aromatic heterocycles. The van der Waals surface area contributed by atoms with Gasteiger partial charge < -0.3 is 10.0 Å². The van der Waals surface area contributed by atoms with Crippen molar-refractivity contribution in [1.82, 2.24) is 0 Å². The minimum atomic E-state index is -0.983. The Labute approximate surface area is 187 Å². The lowest BCUT2D eigenvalue weighted by Gasteiger charge is -2.41. The molecular weight excluding hydrogens is 410 g/mol. The van der Waals surface area contributed by atoms with Gasteiger partial charge in [0, 0.05) is 16.1 Å². The number of amides is 1. The highest BCUT2D eigenvalue weighted by atomic mass is 35.5. The Hall–Kier alpha value is -3.11. The highest BCUT2D eigenvalue weighted by Gasteiger charge is 2.56. The zero-order chi connectivity index (χ0) is 22.4. The molecule has 0 fully saturated rings. The molecule has 0 saturated carbocycles. The van der Waals surface area contributed by atoms with Gasteiger partial charge >= 0.3 is 5.97 Å². The first-order chi connectivity index (χ1) is 14.7.